The van der Waals surface area contributed by atoms with Crippen molar-refractivity contribution >= 4 is 5.91 Å². The summed E-state index contributed by atoms with van der Waals surface area (Å²) in [4.78, 5) is 11.3. The summed E-state index contributed by atoms with van der Waals surface area (Å²) in [6.07, 6.45) is 0. The second kappa shape index (κ2) is 7.08. The number of aromatic nitrogens is 2. The van der Waals surface area contributed by atoms with E-state index in [9.17, 15) is 13.6 Å². The molecular weight excluding hydrogens is 360 g/mol. The first-order valence-corrected chi connectivity index (χ1v) is 8.53. The maximum Gasteiger partial charge on any atom is 0.266 e. The molecule has 4 aromatic rings. The van der Waals surface area contributed by atoms with Crippen molar-refractivity contribution in [2.75, 3.05) is 0 Å². The van der Waals surface area contributed by atoms with Crippen molar-refractivity contribution in [3.63, 3.8) is 0 Å². The van der Waals surface area contributed by atoms with Gasteiger partial charge < -0.3 is 5.73 Å². The molecule has 28 heavy (non-hydrogen) atoms. The third-order valence-corrected chi connectivity index (χ3v) is 4.46. The lowest BCUT2D eigenvalue weighted by atomic mass is 9.93. The first-order chi connectivity index (χ1) is 13.5. The number of rotatable bonds is 4. The number of H-pyrrole nitrogens is 1. The molecule has 6 heteroatoms. The van der Waals surface area contributed by atoms with E-state index in [1.165, 1.54) is 12.1 Å². The van der Waals surface area contributed by atoms with Gasteiger partial charge in [0.1, 0.15) is 17.3 Å². The average Bonchev–Trinajstić information content (AvgIpc) is 3.19. The molecule has 0 aliphatic rings. The van der Waals surface area contributed by atoms with Gasteiger partial charge in [0, 0.05) is 17.2 Å². The van der Waals surface area contributed by atoms with Crippen LogP contribution in [0.4, 0.5) is 8.78 Å². The van der Waals surface area contributed by atoms with Crippen LogP contribution < -0.4 is 5.73 Å². The summed E-state index contributed by atoms with van der Waals surface area (Å²) in [5.74, 6) is -1.83. The molecule has 3 aromatic carbocycles. The van der Waals surface area contributed by atoms with Crippen LogP contribution in [0.15, 0.2) is 72.8 Å². The van der Waals surface area contributed by atoms with Gasteiger partial charge in [-0.3, -0.25) is 9.89 Å². The number of aromatic amines is 1. The number of hydrogen-bond donors (Lipinski definition) is 2. The topological polar surface area (TPSA) is 71.8 Å². The van der Waals surface area contributed by atoms with Crippen molar-refractivity contribution in [2.24, 2.45) is 5.73 Å². The quantitative estimate of drug-likeness (QED) is 0.538. The molecule has 0 radical (unpaired) electrons. The molecule has 0 aliphatic heterocycles. The summed E-state index contributed by atoms with van der Waals surface area (Å²) in [5.41, 5.74) is 9.42. The summed E-state index contributed by atoms with van der Waals surface area (Å²) in [6.45, 7) is 0. The van der Waals surface area contributed by atoms with Gasteiger partial charge in [0.25, 0.3) is 5.91 Å². The van der Waals surface area contributed by atoms with Crippen LogP contribution in [0.2, 0.25) is 0 Å². The number of amides is 1. The number of hydrogen-bond acceptors (Lipinski definition) is 2. The van der Waals surface area contributed by atoms with Gasteiger partial charge in [-0.15, -0.1) is 0 Å². The lowest BCUT2D eigenvalue weighted by Crippen LogP contribution is -2.10. The molecule has 0 saturated carbocycles. The van der Waals surface area contributed by atoms with Gasteiger partial charge in [0.2, 0.25) is 0 Å². The van der Waals surface area contributed by atoms with E-state index in [4.69, 9.17) is 5.73 Å². The molecule has 1 amide bonds. The van der Waals surface area contributed by atoms with Crippen LogP contribution in [0.1, 0.15) is 10.5 Å². The highest BCUT2D eigenvalue weighted by molar-refractivity contribution is 5.92. The molecule has 0 spiro atoms. The van der Waals surface area contributed by atoms with Gasteiger partial charge in [-0.25, -0.2) is 8.78 Å². The lowest BCUT2D eigenvalue weighted by molar-refractivity contribution is 0.0995. The van der Waals surface area contributed by atoms with Crippen LogP contribution >= 0.6 is 0 Å². The van der Waals surface area contributed by atoms with E-state index in [-0.39, 0.29) is 5.69 Å². The first kappa shape index (κ1) is 17.6. The van der Waals surface area contributed by atoms with Crippen molar-refractivity contribution in [1.29, 1.82) is 0 Å². The van der Waals surface area contributed by atoms with E-state index >= 15 is 0 Å². The molecule has 0 aliphatic carbocycles. The Morgan fingerprint density at radius 3 is 2.29 bits per heavy atom. The molecule has 0 bridgehead atoms. The summed E-state index contributed by atoms with van der Waals surface area (Å²) >= 11 is 0. The Bertz CT molecular complexity index is 1180. The van der Waals surface area contributed by atoms with Crippen molar-refractivity contribution < 1.29 is 13.6 Å². The Labute approximate surface area is 159 Å². The molecule has 4 nitrogen and oxygen atoms in total. The molecule has 138 valence electrons. The lowest BCUT2D eigenvalue weighted by Gasteiger charge is -2.12. The zero-order chi connectivity index (χ0) is 19.7. The maximum atomic E-state index is 14.4. The van der Waals surface area contributed by atoms with Crippen molar-refractivity contribution in [1.82, 2.24) is 10.2 Å². The van der Waals surface area contributed by atoms with Crippen LogP contribution in [0.5, 0.6) is 0 Å². The van der Waals surface area contributed by atoms with Crippen LogP contribution in [-0.2, 0) is 0 Å². The van der Waals surface area contributed by atoms with Crippen LogP contribution in [0.3, 0.4) is 0 Å². The number of benzene rings is 3. The van der Waals surface area contributed by atoms with Crippen LogP contribution in [0.25, 0.3) is 33.5 Å². The highest BCUT2D eigenvalue weighted by atomic mass is 19.1. The number of halogens is 2. The fourth-order valence-corrected chi connectivity index (χ4v) is 3.12. The smallest absolute Gasteiger partial charge is 0.266 e. The van der Waals surface area contributed by atoms with E-state index in [0.717, 1.165) is 22.8 Å². The largest absolute Gasteiger partial charge is 0.364 e. The number of primary amides is 1. The van der Waals surface area contributed by atoms with E-state index in [2.05, 4.69) is 10.2 Å². The highest BCUT2D eigenvalue weighted by Crippen LogP contribution is 2.35. The minimum atomic E-state index is -0.623. The molecule has 0 saturated heterocycles. The summed E-state index contributed by atoms with van der Waals surface area (Å²) in [6, 6.07) is 19.9. The molecule has 0 fully saturated rings. The van der Waals surface area contributed by atoms with Gasteiger partial charge in [-0.05, 0) is 41.0 Å². The van der Waals surface area contributed by atoms with E-state index in [1.54, 1.807) is 18.2 Å². The van der Waals surface area contributed by atoms with Crippen LogP contribution in [-0.4, -0.2) is 16.1 Å². The number of nitrogens with two attached hydrogens (primary N) is 1. The van der Waals surface area contributed by atoms with E-state index in [1.807, 2.05) is 36.4 Å². The van der Waals surface area contributed by atoms with Crippen molar-refractivity contribution in [3.8, 4) is 33.5 Å². The number of nitrogens with one attached hydrogen (secondary N) is 1. The summed E-state index contributed by atoms with van der Waals surface area (Å²) in [7, 11) is 0. The first-order valence-electron chi connectivity index (χ1n) is 8.53. The predicted molar refractivity (Wildman–Crippen MR) is 103 cm³/mol. The Morgan fingerprint density at radius 2 is 1.57 bits per heavy atom. The van der Waals surface area contributed by atoms with Crippen molar-refractivity contribution in [2.45, 2.75) is 0 Å². The molecule has 1 aromatic heterocycles. The molecule has 3 N–H and O–H groups in total. The van der Waals surface area contributed by atoms with Gasteiger partial charge in [0.05, 0.1) is 5.69 Å². The van der Waals surface area contributed by atoms with E-state index in [0.29, 0.717) is 16.8 Å². The predicted octanol–water partition coefficient (Wildman–Crippen LogP) is 4.79. The average molecular weight is 375 g/mol. The molecular formula is C22H15F2N3O. The molecule has 4 rings (SSSR count). The monoisotopic (exact) mass is 375 g/mol. The summed E-state index contributed by atoms with van der Waals surface area (Å²) < 4.78 is 27.7. The Morgan fingerprint density at radius 1 is 0.821 bits per heavy atom. The Balaban J connectivity index is 1.81. The standard InChI is InChI=1S/C22H15F2N3O/c23-15-8-9-18(19(24)11-15)17-7-2-1-6-16(17)13-4-3-5-14(10-13)20-12-21(22(25)28)27-26-20/h1-12H,(H2,25,28)(H,26,27). The number of nitrogens with zero attached hydrogens (tertiary/aromatic N) is 1. The zero-order valence-electron chi connectivity index (χ0n) is 14.6. The fraction of sp³-hybridized carbons (Fsp3) is 0. The maximum absolute atomic E-state index is 14.4. The highest BCUT2D eigenvalue weighted by Gasteiger charge is 2.13. The number of carbonyl (C=O) groups excluding carboxylic acids is 1. The SMILES string of the molecule is NC(=O)c1cc(-c2cccc(-c3ccccc3-c3ccc(F)cc3F)c2)n[nH]1. The third kappa shape index (κ3) is 3.27. The fourth-order valence-electron chi connectivity index (χ4n) is 3.12. The van der Waals surface area contributed by atoms with Crippen LogP contribution in [0, 0.1) is 11.6 Å². The minimum Gasteiger partial charge on any atom is -0.364 e. The second-order valence-corrected chi connectivity index (χ2v) is 6.28. The molecule has 0 unspecified atom stereocenters. The van der Waals surface area contributed by atoms with Gasteiger partial charge in [-0.2, -0.15) is 5.10 Å². The number of carbonyl (C=O) groups is 1. The Hall–Kier alpha value is -3.80. The van der Waals surface area contributed by atoms with Gasteiger partial charge in [0.15, 0.2) is 0 Å². The normalized spacial score (nSPS) is 10.8. The molecule has 1 heterocycles. The van der Waals surface area contributed by atoms with Gasteiger partial charge >= 0.3 is 0 Å². The van der Waals surface area contributed by atoms with Gasteiger partial charge in [-0.1, -0.05) is 42.5 Å². The second-order valence-electron chi connectivity index (χ2n) is 6.28. The van der Waals surface area contributed by atoms with E-state index < -0.39 is 17.5 Å². The minimum absolute atomic E-state index is 0.217. The summed E-state index contributed by atoms with van der Waals surface area (Å²) in [5, 5.41) is 6.72. The molecule has 0 atom stereocenters. The Kier molecular flexibility index (Phi) is 4.45. The zero-order valence-corrected chi connectivity index (χ0v) is 14.6. The van der Waals surface area contributed by atoms with Crippen molar-refractivity contribution in [3.05, 3.63) is 90.1 Å². The third-order valence-electron chi connectivity index (χ3n) is 4.46.